The Labute approximate surface area is 205 Å². The van der Waals surface area contributed by atoms with Gasteiger partial charge in [-0.25, -0.2) is 4.98 Å². The second-order valence-corrected chi connectivity index (χ2v) is 9.92. The molecule has 0 spiro atoms. The standard InChI is InChI=1S/C26H26F3N3O2S/c1-5-7-11-18(6-2)30-23-15-20(33)14-21-22(26(27,28)29)16-24(35(34)17(3)4)31-25(21)32(23)19-12-9-8-10-13-19/h5-13,15-17,30H,1,14H2,2-4H3/b11-7-,18-6+. The number of hydrogen-bond acceptors (Lipinski definition) is 5. The molecule has 0 amide bonds. The molecule has 0 aliphatic carbocycles. The molecule has 0 saturated heterocycles. The maximum atomic E-state index is 14.2. The fraction of sp³-hybridized carbons (Fsp3) is 0.231. The van der Waals surface area contributed by atoms with Crippen LogP contribution in [0.25, 0.3) is 0 Å². The number of alkyl halides is 3. The van der Waals surface area contributed by atoms with Gasteiger partial charge in [0.05, 0.1) is 16.4 Å². The van der Waals surface area contributed by atoms with Gasteiger partial charge in [0.15, 0.2) is 5.78 Å². The van der Waals surface area contributed by atoms with Gasteiger partial charge >= 0.3 is 6.18 Å². The van der Waals surface area contributed by atoms with Crippen molar-refractivity contribution in [1.29, 1.82) is 0 Å². The van der Waals surface area contributed by atoms with Crippen LogP contribution in [0.5, 0.6) is 0 Å². The predicted octanol–water partition coefficient (Wildman–Crippen LogP) is 5.96. The molecule has 9 heteroatoms. The normalized spacial score (nSPS) is 15.6. The summed E-state index contributed by atoms with van der Waals surface area (Å²) in [6, 6.07) is 9.43. The van der Waals surface area contributed by atoms with E-state index in [4.69, 9.17) is 0 Å². The zero-order chi connectivity index (χ0) is 25.8. The van der Waals surface area contributed by atoms with Crippen molar-refractivity contribution in [1.82, 2.24) is 10.3 Å². The number of allylic oxidation sites excluding steroid dienone is 5. The molecule has 0 saturated carbocycles. The van der Waals surface area contributed by atoms with Crippen LogP contribution >= 0.6 is 0 Å². The topological polar surface area (TPSA) is 62.3 Å². The third kappa shape index (κ3) is 5.97. The molecule has 1 atom stereocenters. The molecule has 2 aromatic rings. The largest absolute Gasteiger partial charge is 0.416 e. The van der Waals surface area contributed by atoms with Crippen molar-refractivity contribution in [2.45, 2.75) is 43.6 Å². The van der Waals surface area contributed by atoms with Crippen LogP contribution in [-0.4, -0.2) is 20.2 Å². The molecule has 184 valence electrons. The fourth-order valence-corrected chi connectivity index (χ4v) is 4.40. The molecule has 1 aromatic carbocycles. The summed E-state index contributed by atoms with van der Waals surface area (Å²) in [5.41, 5.74) is -0.217. The Balaban J connectivity index is 2.35. The van der Waals surface area contributed by atoms with E-state index in [0.29, 0.717) is 11.4 Å². The number of carbonyl (C=O) groups excluding carboxylic acids is 1. The first-order chi connectivity index (χ1) is 16.6. The highest BCUT2D eigenvalue weighted by atomic mass is 32.2. The second kappa shape index (κ2) is 10.9. The van der Waals surface area contributed by atoms with Crippen molar-refractivity contribution in [2.75, 3.05) is 4.90 Å². The Morgan fingerprint density at radius 2 is 1.94 bits per heavy atom. The van der Waals surface area contributed by atoms with Gasteiger partial charge in [-0.3, -0.25) is 13.9 Å². The van der Waals surface area contributed by atoms with E-state index in [0.717, 1.165) is 6.07 Å². The molecule has 5 nitrogen and oxygen atoms in total. The lowest BCUT2D eigenvalue weighted by molar-refractivity contribution is -0.138. The average molecular weight is 502 g/mol. The zero-order valence-corrected chi connectivity index (χ0v) is 20.4. The van der Waals surface area contributed by atoms with E-state index in [9.17, 15) is 22.2 Å². The number of aromatic nitrogens is 1. The van der Waals surface area contributed by atoms with E-state index in [1.54, 1.807) is 75.4 Å². The van der Waals surface area contributed by atoms with Gasteiger partial charge in [0.2, 0.25) is 0 Å². The Hall–Kier alpha value is -3.46. The number of hydrogen-bond donors (Lipinski definition) is 1. The molecular formula is C26H26F3N3O2S. The minimum absolute atomic E-state index is 0.0946. The van der Waals surface area contributed by atoms with Crippen LogP contribution < -0.4 is 10.2 Å². The summed E-state index contributed by atoms with van der Waals surface area (Å²) in [7, 11) is -1.79. The summed E-state index contributed by atoms with van der Waals surface area (Å²) in [6.45, 7) is 8.71. The van der Waals surface area contributed by atoms with E-state index >= 15 is 0 Å². The number of pyridine rings is 1. The Morgan fingerprint density at radius 1 is 1.26 bits per heavy atom. The van der Waals surface area contributed by atoms with Gasteiger partial charge < -0.3 is 5.32 Å². The molecular weight excluding hydrogens is 475 g/mol. The fourth-order valence-electron chi connectivity index (χ4n) is 3.51. The maximum Gasteiger partial charge on any atom is 0.416 e. The quantitative estimate of drug-likeness (QED) is 0.475. The summed E-state index contributed by atoms with van der Waals surface area (Å²) < 4.78 is 55.4. The van der Waals surface area contributed by atoms with Gasteiger partial charge in [-0.05, 0) is 31.2 Å². The number of anilines is 2. The summed E-state index contributed by atoms with van der Waals surface area (Å²) >= 11 is 0. The number of ketones is 1. The van der Waals surface area contributed by atoms with Crippen molar-refractivity contribution >= 4 is 28.1 Å². The summed E-state index contributed by atoms with van der Waals surface area (Å²) in [5.74, 6) is -0.405. The first-order valence-corrected chi connectivity index (χ1v) is 12.1. The molecule has 0 bridgehead atoms. The number of fused-ring (bicyclic) bond motifs is 1. The number of nitrogens with one attached hydrogen (secondary N) is 1. The van der Waals surface area contributed by atoms with Crippen LogP contribution in [0, 0.1) is 0 Å². The molecule has 0 radical (unpaired) electrons. The summed E-state index contributed by atoms with van der Waals surface area (Å²) in [4.78, 5) is 18.8. The molecule has 1 aromatic heterocycles. The second-order valence-electron chi connectivity index (χ2n) is 7.96. The van der Waals surface area contributed by atoms with Crippen molar-refractivity contribution < 1.29 is 22.2 Å². The van der Waals surface area contributed by atoms with Crippen LogP contribution in [0.2, 0.25) is 0 Å². The van der Waals surface area contributed by atoms with E-state index in [2.05, 4.69) is 16.9 Å². The molecule has 3 rings (SSSR count). The minimum atomic E-state index is -4.77. The number of benzene rings is 1. The third-order valence-corrected chi connectivity index (χ3v) is 6.61. The summed E-state index contributed by atoms with van der Waals surface area (Å²) in [6.07, 6.45) is 2.71. The number of para-hydroxylation sites is 1. The molecule has 2 heterocycles. The monoisotopic (exact) mass is 501 g/mol. The Kier molecular flexibility index (Phi) is 8.11. The smallest absolute Gasteiger partial charge is 0.341 e. The minimum Gasteiger partial charge on any atom is -0.341 e. The Bertz CT molecular complexity index is 1230. The van der Waals surface area contributed by atoms with Crippen molar-refractivity contribution in [3.8, 4) is 0 Å². The molecule has 1 N–H and O–H groups in total. The number of nitrogens with zero attached hydrogens (tertiary/aromatic N) is 2. The van der Waals surface area contributed by atoms with Crippen LogP contribution in [0.3, 0.4) is 0 Å². The van der Waals surface area contributed by atoms with Crippen LogP contribution in [0.1, 0.15) is 31.9 Å². The van der Waals surface area contributed by atoms with Crippen molar-refractivity contribution in [3.63, 3.8) is 0 Å². The van der Waals surface area contributed by atoms with Crippen LogP contribution in [0.15, 0.2) is 89.9 Å². The van der Waals surface area contributed by atoms with E-state index < -0.39 is 40.0 Å². The number of carbonyl (C=O) groups is 1. The van der Waals surface area contributed by atoms with E-state index in [-0.39, 0.29) is 22.2 Å². The highest BCUT2D eigenvalue weighted by Crippen LogP contribution is 2.41. The lowest BCUT2D eigenvalue weighted by atomic mass is 10.0. The number of rotatable bonds is 7. The molecule has 1 aliphatic heterocycles. The van der Waals surface area contributed by atoms with Gasteiger partial charge in [-0.2, -0.15) is 13.2 Å². The number of halogens is 3. The van der Waals surface area contributed by atoms with Crippen molar-refractivity contribution in [3.05, 3.63) is 96.0 Å². The highest BCUT2D eigenvalue weighted by Gasteiger charge is 2.39. The first-order valence-electron chi connectivity index (χ1n) is 10.9. The van der Waals surface area contributed by atoms with Crippen molar-refractivity contribution in [2.24, 2.45) is 0 Å². The SMILES string of the molecule is C=C/C=C\C(=C/C)NC1=CC(=O)Cc2c(C(F)(F)F)cc(S(=O)C(C)C)nc2N1c1ccccc1. The maximum absolute atomic E-state index is 14.2. The highest BCUT2D eigenvalue weighted by molar-refractivity contribution is 7.85. The Morgan fingerprint density at radius 3 is 2.51 bits per heavy atom. The van der Waals surface area contributed by atoms with Gasteiger partial charge in [-0.15, -0.1) is 0 Å². The van der Waals surface area contributed by atoms with Gasteiger partial charge in [0.1, 0.15) is 16.7 Å². The summed E-state index contributed by atoms with van der Waals surface area (Å²) in [5, 5.41) is 2.48. The van der Waals surface area contributed by atoms with Gasteiger partial charge in [-0.1, -0.05) is 56.9 Å². The molecule has 35 heavy (non-hydrogen) atoms. The lowest BCUT2D eigenvalue weighted by Gasteiger charge is -2.29. The van der Waals surface area contributed by atoms with E-state index in [1.807, 2.05) is 0 Å². The average Bonchev–Trinajstić information content (AvgIpc) is 2.95. The zero-order valence-electron chi connectivity index (χ0n) is 19.6. The predicted molar refractivity (Wildman–Crippen MR) is 132 cm³/mol. The van der Waals surface area contributed by atoms with Gasteiger partial charge in [0, 0.05) is 34.7 Å². The third-order valence-electron chi connectivity index (χ3n) is 5.13. The van der Waals surface area contributed by atoms with Gasteiger partial charge in [0.25, 0.3) is 0 Å². The van der Waals surface area contributed by atoms with E-state index in [1.165, 1.54) is 11.0 Å². The van der Waals surface area contributed by atoms with Crippen LogP contribution in [-0.2, 0) is 28.2 Å². The molecule has 0 fully saturated rings. The molecule has 1 unspecified atom stereocenters. The lowest BCUT2D eigenvalue weighted by Crippen LogP contribution is -2.29. The first kappa shape index (κ1) is 26.2. The molecule has 1 aliphatic rings. The van der Waals surface area contributed by atoms with Crippen LogP contribution in [0.4, 0.5) is 24.7 Å².